The number of hydrogen-bond donors (Lipinski definition) is 0. The Labute approximate surface area is 133 Å². The molecule has 2 atom stereocenters. The average Bonchev–Trinajstić information content (AvgIpc) is 3.02. The van der Waals surface area contributed by atoms with Gasteiger partial charge in [0.25, 0.3) is 5.91 Å². The number of ether oxygens (including phenoxy) is 1. The average molecular weight is 311 g/mol. The maximum Gasteiger partial charge on any atom is 0.255 e. The molecule has 0 unspecified atom stereocenters. The molecule has 2 saturated heterocycles. The fourth-order valence-electron chi connectivity index (χ4n) is 3.29. The van der Waals surface area contributed by atoms with E-state index in [1.807, 2.05) is 30.3 Å². The predicted octanol–water partition coefficient (Wildman–Crippen LogP) is 0.916. The number of benzene rings is 1. The largest absolute Gasteiger partial charge is 0.364 e. The van der Waals surface area contributed by atoms with Crippen molar-refractivity contribution in [1.29, 1.82) is 0 Å². The number of likely N-dealkylation sites (tertiary alicyclic amines) is 1. The van der Waals surface area contributed by atoms with E-state index < -0.39 is 0 Å². The number of aromatic nitrogens is 1. The number of nitrogens with zero attached hydrogens (tertiary/aromatic N) is 3. The van der Waals surface area contributed by atoms with Gasteiger partial charge in [-0.05, 0) is 12.1 Å². The summed E-state index contributed by atoms with van der Waals surface area (Å²) < 4.78 is 5.57. The van der Waals surface area contributed by atoms with Crippen molar-refractivity contribution >= 4 is 22.7 Å². The SMILES string of the molecule is CN1C(=O)CO[C@@H]2CN(C(=O)c3cnc4ccccc4c3)C[C@H]21. The summed E-state index contributed by atoms with van der Waals surface area (Å²) in [5, 5.41) is 0.943. The Hall–Kier alpha value is -2.47. The maximum atomic E-state index is 12.7. The topological polar surface area (TPSA) is 62.7 Å². The van der Waals surface area contributed by atoms with Gasteiger partial charge in [-0.3, -0.25) is 14.6 Å². The number of amides is 2. The van der Waals surface area contributed by atoms with Crippen molar-refractivity contribution in [1.82, 2.24) is 14.8 Å². The molecule has 2 aliphatic rings. The van der Waals surface area contributed by atoms with Gasteiger partial charge < -0.3 is 14.5 Å². The zero-order valence-electron chi connectivity index (χ0n) is 12.8. The van der Waals surface area contributed by atoms with Crippen molar-refractivity contribution in [2.24, 2.45) is 0 Å². The molecule has 6 nitrogen and oxygen atoms in total. The monoisotopic (exact) mass is 311 g/mol. The molecule has 0 spiro atoms. The van der Waals surface area contributed by atoms with E-state index in [1.54, 1.807) is 23.0 Å². The van der Waals surface area contributed by atoms with Crippen LogP contribution in [0.3, 0.4) is 0 Å². The van der Waals surface area contributed by atoms with Crippen LogP contribution in [0.5, 0.6) is 0 Å². The first-order chi connectivity index (χ1) is 11.1. The van der Waals surface area contributed by atoms with Crippen molar-refractivity contribution in [3.63, 3.8) is 0 Å². The molecule has 118 valence electrons. The number of morpholine rings is 1. The van der Waals surface area contributed by atoms with Crippen LogP contribution in [0.1, 0.15) is 10.4 Å². The fourth-order valence-corrected chi connectivity index (χ4v) is 3.29. The van der Waals surface area contributed by atoms with Crippen molar-refractivity contribution in [3.05, 3.63) is 42.1 Å². The fraction of sp³-hybridized carbons (Fsp3) is 0.353. The third-order valence-electron chi connectivity index (χ3n) is 4.67. The Morgan fingerprint density at radius 2 is 2.13 bits per heavy atom. The summed E-state index contributed by atoms with van der Waals surface area (Å²) in [5.74, 6) is -0.102. The molecular weight excluding hydrogens is 294 g/mol. The lowest BCUT2D eigenvalue weighted by Crippen LogP contribution is -2.51. The minimum absolute atomic E-state index is 0.0343. The number of carbonyl (C=O) groups excluding carboxylic acids is 2. The molecular formula is C17H17N3O3. The molecule has 1 aromatic heterocycles. The van der Waals surface area contributed by atoms with E-state index in [0.29, 0.717) is 18.7 Å². The smallest absolute Gasteiger partial charge is 0.255 e. The summed E-state index contributed by atoms with van der Waals surface area (Å²) in [4.78, 5) is 32.3. The number of pyridine rings is 1. The van der Waals surface area contributed by atoms with Gasteiger partial charge in [0.2, 0.25) is 5.91 Å². The van der Waals surface area contributed by atoms with Crippen molar-refractivity contribution in [2.75, 3.05) is 26.7 Å². The number of fused-ring (bicyclic) bond motifs is 2. The third kappa shape index (κ3) is 2.35. The van der Waals surface area contributed by atoms with E-state index in [-0.39, 0.29) is 30.6 Å². The van der Waals surface area contributed by atoms with E-state index in [2.05, 4.69) is 4.98 Å². The van der Waals surface area contributed by atoms with Crippen LogP contribution in [0.4, 0.5) is 0 Å². The Balaban J connectivity index is 1.58. The van der Waals surface area contributed by atoms with Crippen molar-refractivity contribution in [2.45, 2.75) is 12.1 Å². The molecule has 23 heavy (non-hydrogen) atoms. The lowest BCUT2D eigenvalue weighted by Gasteiger charge is -2.33. The molecule has 0 radical (unpaired) electrons. The zero-order chi connectivity index (χ0) is 16.0. The maximum absolute atomic E-state index is 12.7. The highest BCUT2D eigenvalue weighted by atomic mass is 16.5. The van der Waals surface area contributed by atoms with Crippen molar-refractivity contribution in [3.8, 4) is 0 Å². The van der Waals surface area contributed by atoms with Gasteiger partial charge in [-0.15, -0.1) is 0 Å². The molecule has 2 aliphatic heterocycles. The lowest BCUT2D eigenvalue weighted by atomic mass is 10.1. The van der Waals surface area contributed by atoms with Gasteiger partial charge in [-0.2, -0.15) is 0 Å². The van der Waals surface area contributed by atoms with Crippen LogP contribution in [-0.4, -0.2) is 65.5 Å². The van der Waals surface area contributed by atoms with Crippen LogP contribution < -0.4 is 0 Å². The van der Waals surface area contributed by atoms with E-state index >= 15 is 0 Å². The lowest BCUT2D eigenvalue weighted by molar-refractivity contribution is -0.150. The standard InChI is InChI=1S/C17H17N3O3/c1-19-14-8-20(9-15(14)23-10-16(19)21)17(22)12-6-11-4-2-3-5-13(11)18-7-12/h2-7,14-15H,8-10H2,1H3/t14-,15-/m1/s1. The molecule has 0 bridgehead atoms. The van der Waals surface area contributed by atoms with Gasteiger partial charge in [0.15, 0.2) is 0 Å². The van der Waals surface area contributed by atoms with E-state index in [4.69, 9.17) is 4.74 Å². The molecule has 2 aromatic rings. The second-order valence-electron chi connectivity index (χ2n) is 6.05. The first-order valence-corrected chi connectivity index (χ1v) is 7.65. The molecule has 4 rings (SSSR count). The van der Waals surface area contributed by atoms with Crippen LogP contribution in [0.15, 0.2) is 36.5 Å². The Morgan fingerprint density at radius 3 is 3.00 bits per heavy atom. The van der Waals surface area contributed by atoms with Gasteiger partial charge in [-0.25, -0.2) is 0 Å². The second-order valence-corrected chi connectivity index (χ2v) is 6.05. The third-order valence-corrected chi connectivity index (χ3v) is 4.67. The summed E-state index contributed by atoms with van der Waals surface area (Å²) in [6.07, 6.45) is 1.51. The highest BCUT2D eigenvalue weighted by Gasteiger charge is 2.43. The summed E-state index contributed by atoms with van der Waals surface area (Å²) >= 11 is 0. The molecule has 6 heteroatoms. The van der Waals surface area contributed by atoms with E-state index in [0.717, 1.165) is 10.9 Å². The normalized spacial score (nSPS) is 24.1. The predicted molar refractivity (Wildman–Crippen MR) is 83.9 cm³/mol. The molecule has 2 amide bonds. The van der Waals surface area contributed by atoms with Gasteiger partial charge in [0, 0.05) is 31.7 Å². The Morgan fingerprint density at radius 1 is 1.30 bits per heavy atom. The van der Waals surface area contributed by atoms with Gasteiger partial charge in [-0.1, -0.05) is 18.2 Å². The van der Waals surface area contributed by atoms with Crippen LogP contribution in [0.2, 0.25) is 0 Å². The molecule has 0 aliphatic carbocycles. The van der Waals surface area contributed by atoms with Crippen LogP contribution in [0, 0.1) is 0 Å². The van der Waals surface area contributed by atoms with Gasteiger partial charge >= 0.3 is 0 Å². The summed E-state index contributed by atoms with van der Waals surface area (Å²) in [6.45, 7) is 1.10. The van der Waals surface area contributed by atoms with Gasteiger partial charge in [0.05, 0.1) is 23.2 Å². The minimum atomic E-state index is -0.102. The van der Waals surface area contributed by atoms with Crippen molar-refractivity contribution < 1.29 is 14.3 Å². The Bertz CT molecular complexity index is 792. The number of carbonyl (C=O) groups is 2. The molecule has 0 saturated carbocycles. The molecule has 3 heterocycles. The highest BCUT2D eigenvalue weighted by Crippen LogP contribution is 2.24. The van der Waals surface area contributed by atoms with E-state index in [1.165, 1.54) is 0 Å². The van der Waals surface area contributed by atoms with Gasteiger partial charge in [0.1, 0.15) is 6.61 Å². The number of rotatable bonds is 1. The van der Waals surface area contributed by atoms with Crippen LogP contribution >= 0.6 is 0 Å². The van der Waals surface area contributed by atoms with Crippen LogP contribution in [0.25, 0.3) is 10.9 Å². The number of hydrogen-bond acceptors (Lipinski definition) is 4. The summed E-state index contributed by atoms with van der Waals surface area (Å²) in [6, 6.07) is 9.51. The minimum Gasteiger partial charge on any atom is -0.364 e. The quantitative estimate of drug-likeness (QED) is 0.785. The summed E-state index contributed by atoms with van der Waals surface area (Å²) in [5.41, 5.74) is 1.43. The number of likely N-dealkylation sites (N-methyl/N-ethyl adjacent to an activating group) is 1. The highest BCUT2D eigenvalue weighted by molar-refractivity contribution is 5.97. The summed E-state index contributed by atoms with van der Waals surface area (Å²) in [7, 11) is 1.77. The molecule has 1 aromatic carbocycles. The first-order valence-electron chi connectivity index (χ1n) is 7.65. The molecule has 0 N–H and O–H groups in total. The van der Waals surface area contributed by atoms with Crippen LogP contribution in [-0.2, 0) is 9.53 Å². The Kier molecular flexibility index (Phi) is 3.27. The van der Waals surface area contributed by atoms with E-state index in [9.17, 15) is 9.59 Å². The number of para-hydroxylation sites is 1. The molecule has 2 fully saturated rings. The first kappa shape index (κ1) is 14.1. The second kappa shape index (κ2) is 5.31. The zero-order valence-corrected chi connectivity index (χ0v) is 12.8.